The summed E-state index contributed by atoms with van der Waals surface area (Å²) in [6.07, 6.45) is 0. The first-order valence-electron chi connectivity index (χ1n) is 4.89. The van der Waals surface area contributed by atoms with Crippen molar-refractivity contribution in [2.24, 2.45) is 0 Å². The number of nitrogens with zero attached hydrogens (tertiary/aromatic N) is 1. The van der Waals surface area contributed by atoms with Gasteiger partial charge in [-0.25, -0.2) is 17.5 Å². The maximum atomic E-state index is 13.2. The Balaban J connectivity index is 2.33. The first-order chi connectivity index (χ1) is 8.38. The second kappa shape index (κ2) is 4.30. The predicted molar refractivity (Wildman–Crippen MR) is 62.9 cm³/mol. The van der Waals surface area contributed by atoms with E-state index in [1.54, 1.807) is 6.92 Å². The lowest BCUT2D eigenvalue weighted by atomic mass is 10.3. The average molecular weight is 271 g/mol. The summed E-state index contributed by atoms with van der Waals surface area (Å²) < 4.78 is 43.8. The van der Waals surface area contributed by atoms with Crippen molar-refractivity contribution in [3.05, 3.63) is 35.8 Å². The van der Waals surface area contributed by atoms with Gasteiger partial charge in [-0.1, -0.05) is 5.16 Å². The minimum atomic E-state index is -3.92. The smallest absolute Gasteiger partial charge is 0.264 e. The maximum absolute atomic E-state index is 13.2. The van der Waals surface area contributed by atoms with Crippen molar-refractivity contribution >= 4 is 21.6 Å². The molecule has 2 rings (SSSR count). The normalized spacial score (nSPS) is 11.4. The molecule has 18 heavy (non-hydrogen) atoms. The van der Waals surface area contributed by atoms with Crippen molar-refractivity contribution in [1.29, 1.82) is 0 Å². The van der Waals surface area contributed by atoms with Gasteiger partial charge in [-0.3, -0.25) is 0 Å². The molecule has 1 aromatic carbocycles. The van der Waals surface area contributed by atoms with Gasteiger partial charge in [0.05, 0.1) is 16.3 Å². The van der Waals surface area contributed by atoms with Gasteiger partial charge in [-0.05, 0) is 25.1 Å². The van der Waals surface area contributed by atoms with Crippen LogP contribution < -0.4 is 10.5 Å². The van der Waals surface area contributed by atoms with Crippen LogP contribution in [-0.2, 0) is 10.0 Å². The lowest BCUT2D eigenvalue weighted by Gasteiger charge is -2.05. The highest BCUT2D eigenvalue weighted by molar-refractivity contribution is 7.92. The van der Waals surface area contributed by atoms with Crippen LogP contribution in [0.25, 0.3) is 0 Å². The summed E-state index contributed by atoms with van der Waals surface area (Å²) in [4.78, 5) is -0.247. The van der Waals surface area contributed by atoms with E-state index < -0.39 is 15.8 Å². The molecular formula is C10H10FN3O3S. The van der Waals surface area contributed by atoms with E-state index in [9.17, 15) is 12.8 Å². The monoisotopic (exact) mass is 271 g/mol. The molecule has 2 aromatic rings. The fraction of sp³-hybridized carbons (Fsp3) is 0.100. The Bertz CT molecular complexity index is 681. The number of sulfonamides is 1. The summed E-state index contributed by atoms with van der Waals surface area (Å²) in [6, 6.07) is 4.62. The van der Waals surface area contributed by atoms with Crippen LogP contribution in [0.2, 0.25) is 0 Å². The average Bonchev–Trinajstić information content (AvgIpc) is 2.67. The third-order valence-electron chi connectivity index (χ3n) is 2.15. The highest BCUT2D eigenvalue weighted by Crippen LogP contribution is 2.19. The molecule has 96 valence electrons. The van der Waals surface area contributed by atoms with Crippen molar-refractivity contribution in [3.63, 3.8) is 0 Å². The van der Waals surface area contributed by atoms with Crippen LogP contribution in [0, 0.1) is 12.7 Å². The number of hydrogen-bond acceptors (Lipinski definition) is 5. The van der Waals surface area contributed by atoms with Crippen LogP contribution in [0.15, 0.2) is 33.7 Å². The summed E-state index contributed by atoms with van der Waals surface area (Å²) in [7, 11) is -3.92. The van der Waals surface area contributed by atoms with E-state index >= 15 is 0 Å². The Labute approximate surface area is 103 Å². The van der Waals surface area contributed by atoms with Gasteiger partial charge in [0.15, 0.2) is 0 Å². The highest BCUT2D eigenvalue weighted by atomic mass is 32.2. The number of hydrogen-bond donors (Lipinski definition) is 2. The number of aryl methyl sites for hydroxylation is 1. The lowest BCUT2D eigenvalue weighted by Crippen LogP contribution is -2.13. The van der Waals surface area contributed by atoms with Crippen LogP contribution in [-0.4, -0.2) is 13.6 Å². The molecule has 3 N–H and O–H groups in total. The number of halogens is 1. The summed E-state index contributed by atoms with van der Waals surface area (Å²) in [5.41, 5.74) is 5.67. The van der Waals surface area contributed by atoms with E-state index in [0.29, 0.717) is 5.69 Å². The number of benzene rings is 1. The van der Waals surface area contributed by atoms with Crippen molar-refractivity contribution in [2.45, 2.75) is 11.8 Å². The van der Waals surface area contributed by atoms with Gasteiger partial charge in [0.1, 0.15) is 5.82 Å². The molecule has 0 radical (unpaired) electrons. The molecule has 8 heteroatoms. The zero-order chi connectivity index (χ0) is 13.3. The molecule has 0 bridgehead atoms. The van der Waals surface area contributed by atoms with Crippen LogP contribution in [0.1, 0.15) is 5.69 Å². The molecule has 0 atom stereocenters. The van der Waals surface area contributed by atoms with Crippen LogP contribution in [0.4, 0.5) is 16.0 Å². The van der Waals surface area contributed by atoms with Crippen LogP contribution >= 0.6 is 0 Å². The number of rotatable bonds is 3. The summed E-state index contributed by atoms with van der Waals surface area (Å²) >= 11 is 0. The van der Waals surface area contributed by atoms with E-state index in [2.05, 4.69) is 9.88 Å². The van der Waals surface area contributed by atoms with Gasteiger partial charge in [-0.15, -0.1) is 0 Å². The van der Waals surface area contributed by atoms with E-state index in [4.69, 9.17) is 10.3 Å². The molecule has 0 aliphatic heterocycles. The van der Waals surface area contributed by atoms with Gasteiger partial charge in [0, 0.05) is 6.07 Å². The molecule has 0 aliphatic rings. The van der Waals surface area contributed by atoms with Gasteiger partial charge < -0.3 is 10.3 Å². The Morgan fingerprint density at radius 3 is 2.67 bits per heavy atom. The number of nitrogens with two attached hydrogens (primary N) is 1. The standard InChI is InChI=1S/C10H10FN3O3S/c1-6-4-10(17-13-6)14-18(15,16)7-2-3-9(12)8(11)5-7/h2-5,14H,12H2,1H3. The molecule has 0 amide bonds. The minimum Gasteiger partial charge on any atom is -0.396 e. The molecule has 0 saturated carbocycles. The lowest BCUT2D eigenvalue weighted by molar-refractivity contribution is 0.430. The van der Waals surface area contributed by atoms with Gasteiger partial charge in [0.2, 0.25) is 5.88 Å². The number of aromatic nitrogens is 1. The Hall–Kier alpha value is -2.09. The van der Waals surface area contributed by atoms with E-state index in [-0.39, 0.29) is 16.5 Å². The fourth-order valence-electron chi connectivity index (χ4n) is 1.28. The molecule has 0 spiro atoms. The number of nitrogens with one attached hydrogen (secondary N) is 1. The highest BCUT2D eigenvalue weighted by Gasteiger charge is 2.17. The zero-order valence-corrected chi connectivity index (χ0v) is 10.2. The van der Waals surface area contributed by atoms with Gasteiger partial charge >= 0.3 is 0 Å². The SMILES string of the molecule is Cc1cc(NS(=O)(=O)c2ccc(N)c(F)c2)on1. The van der Waals surface area contributed by atoms with Crippen LogP contribution in [0.5, 0.6) is 0 Å². The third-order valence-corrected chi connectivity index (χ3v) is 3.49. The van der Waals surface area contributed by atoms with Crippen molar-refractivity contribution in [2.75, 3.05) is 10.5 Å². The largest absolute Gasteiger partial charge is 0.396 e. The van der Waals surface area contributed by atoms with E-state index in [1.807, 2.05) is 0 Å². The summed E-state index contributed by atoms with van der Waals surface area (Å²) in [5.74, 6) is -0.837. The zero-order valence-electron chi connectivity index (χ0n) is 9.34. The molecule has 6 nitrogen and oxygen atoms in total. The topological polar surface area (TPSA) is 98.2 Å². The summed E-state index contributed by atoms with van der Waals surface area (Å²) in [6.45, 7) is 1.64. The molecule has 1 aromatic heterocycles. The first-order valence-corrected chi connectivity index (χ1v) is 6.38. The fourth-order valence-corrected chi connectivity index (χ4v) is 2.26. The van der Waals surface area contributed by atoms with Crippen LogP contribution in [0.3, 0.4) is 0 Å². The van der Waals surface area contributed by atoms with Gasteiger partial charge in [-0.2, -0.15) is 0 Å². The van der Waals surface area contributed by atoms with E-state index in [0.717, 1.165) is 6.07 Å². The summed E-state index contributed by atoms with van der Waals surface area (Å²) in [5, 5.41) is 3.53. The second-order valence-corrected chi connectivity index (χ2v) is 5.30. The molecular weight excluding hydrogens is 261 g/mol. The van der Waals surface area contributed by atoms with Gasteiger partial charge in [0.25, 0.3) is 10.0 Å². The molecule has 1 heterocycles. The third kappa shape index (κ3) is 2.43. The van der Waals surface area contributed by atoms with Crippen molar-refractivity contribution in [1.82, 2.24) is 5.16 Å². The number of anilines is 2. The molecule has 0 aliphatic carbocycles. The predicted octanol–water partition coefficient (Wildman–Crippen LogP) is 1.51. The molecule has 0 fully saturated rings. The molecule has 0 saturated heterocycles. The second-order valence-electron chi connectivity index (χ2n) is 3.62. The Morgan fingerprint density at radius 1 is 1.39 bits per heavy atom. The first kappa shape index (κ1) is 12.4. The maximum Gasteiger partial charge on any atom is 0.264 e. The number of nitrogen functional groups attached to an aromatic ring is 1. The molecule has 0 unspecified atom stereocenters. The van der Waals surface area contributed by atoms with Crippen molar-refractivity contribution < 1.29 is 17.3 Å². The Kier molecular flexibility index (Phi) is 2.95. The Morgan fingerprint density at radius 2 is 2.11 bits per heavy atom. The van der Waals surface area contributed by atoms with E-state index in [1.165, 1.54) is 18.2 Å². The quantitative estimate of drug-likeness (QED) is 0.824. The van der Waals surface area contributed by atoms with Crippen molar-refractivity contribution in [3.8, 4) is 0 Å². The minimum absolute atomic E-state index is 0.0373.